The molecule has 1 atom stereocenters. The molecule has 0 aliphatic heterocycles. The van der Waals surface area contributed by atoms with Gasteiger partial charge in [-0.25, -0.2) is 0 Å². The predicted octanol–water partition coefficient (Wildman–Crippen LogP) is 8.00. The molecule has 1 N–H and O–H groups in total. The summed E-state index contributed by atoms with van der Waals surface area (Å²) in [6, 6.07) is 0. The standard InChI is InChI=1S/C26H53NO2/c1-4-6-8-10-12-14-16-18-20-22-24-27(25(3)28)26(29)23-21-19-17-15-13-11-9-7-5-2/h25,28H,4-24H2,1-3H3. The van der Waals surface area contributed by atoms with Gasteiger partial charge in [0.1, 0.15) is 6.23 Å². The minimum atomic E-state index is -0.653. The van der Waals surface area contributed by atoms with Gasteiger partial charge in [0.2, 0.25) is 5.91 Å². The van der Waals surface area contributed by atoms with Crippen LogP contribution in [0.25, 0.3) is 0 Å². The van der Waals surface area contributed by atoms with Crippen LogP contribution in [0.5, 0.6) is 0 Å². The van der Waals surface area contributed by atoms with Gasteiger partial charge in [-0.3, -0.25) is 4.79 Å². The van der Waals surface area contributed by atoms with Gasteiger partial charge in [-0.2, -0.15) is 0 Å². The second-order valence-corrected chi connectivity index (χ2v) is 8.98. The van der Waals surface area contributed by atoms with Crippen LogP contribution in [0, 0.1) is 0 Å². The lowest BCUT2D eigenvalue weighted by atomic mass is 10.1. The van der Waals surface area contributed by atoms with Crippen LogP contribution >= 0.6 is 0 Å². The number of rotatable bonds is 22. The van der Waals surface area contributed by atoms with Gasteiger partial charge in [-0.15, -0.1) is 0 Å². The monoisotopic (exact) mass is 411 g/mol. The molecule has 0 aromatic carbocycles. The topological polar surface area (TPSA) is 40.5 Å². The van der Waals surface area contributed by atoms with E-state index in [1.807, 2.05) is 0 Å². The molecule has 1 unspecified atom stereocenters. The number of amides is 1. The van der Waals surface area contributed by atoms with Crippen LogP contribution in [-0.2, 0) is 4.79 Å². The Morgan fingerprint density at radius 3 is 1.34 bits per heavy atom. The van der Waals surface area contributed by atoms with Crippen molar-refractivity contribution in [2.45, 2.75) is 155 Å². The van der Waals surface area contributed by atoms with Crippen LogP contribution in [0.3, 0.4) is 0 Å². The molecule has 0 aliphatic carbocycles. The number of carbonyl (C=O) groups excluding carboxylic acids is 1. The van der Waals surface area contributed by atoms with E-state index in [4.69, 9.17) is 0 Å². The van der Waals surface area contributed by atoms with Crippen LogP contribution in [0.4, 0.5) is 0 Å². The molecule has 0 heterocycles. The number of nitrogens with zero attached hydrogens (tertiary/aromatic N) is 1. The fourth-order valence-corrected chi connectivity index (χ4v) is 4.02. The molecule has 174 valence electrons. The van der Waals surface area contributed by atoms with E-state index in [1.165, 1.54) is 103 Å². The van der Waals surface area contributed by atoms with E-state index in [1.54, 1.807) is 11.8 Å². The summed E-state index contributed by atoms with van der Waals surface area (Å²) in [4.78, 5) is 14.1. The first-order chi connectivity index (χ1) is 14.1. The first-order valence-corrected chi connectivity index (χ1v) is 13.1. The summed E-state index contributed by atoms with van der Waals surface area (Å²) < 4.78 is 0. The van der Waals surface area contributed by atoms with E-state index < -0.39 is 6.23 Å². The van der Waals surface area contributed by atoms with Gasteiger partial charge in [0.25, 0.3) is 0 Å². The van der Waals surface area contributed by atoms with Crippen molar-refractivity contribution in [3.8, 4) is 0 Å². The van der Waals surface area contributed by atoms with Gasteiger partial charge in [-0.1, -0.05) is 123 Å². The Labute approximate surface area is 183 Å². The molecular weight excluding hydrogens is 358 g/mol. The zero-order valence-corrected chi connectivity index (χ0v) is 20.2. The summed E-state index contributed by atoms with van der Waals surface area (Å²) >= 11 is 0. The summed E-state index contributed by atoms with van der Waals surface area (Å²) in [6.45, 7) is 6.96. The summed E-state index contributed by atoms with van der Waals surface area (Å²) in [5.74, 6) is 0.138. The lowest BCUT2D eigenvalue weighted by molar-refractivity contribution is -0.140. The third kappa shape index (κ3) is 19.2. The Balaban J connectivity index is 3.65. The van der Waals surface area contributed by atoms with Crippen LogP contribution in [0.2, 0.25) is 0 Å². The van der Waals surface area contributed by atoms with Gasteiger partial charge >= 0.3 is 0 Å². The van der Waals surface area contributed by atoms with Crippen LogP contribution in [0.15, 0.2) is 0 Å². The number of aliphatic hydroxyl groups excluding tert-OH is 1. The number of unbranched alkanes of at least 4 members (excludes halogenated alkanes) is 17. The third-order valence-electron chi connectivity index (χ3n) is 6.02. The molecule has 0 spiro atoms. The van der Waals surface area contributed by atoms with Crippen molar-refractivity contribution in [3.05, 3.63) is 0 Å². The third-order valence-corrected chi connectivity index (χ3v) is 6.02. The second-order valence-electron chi connectivity index (χ2n) is 8.98. The maximum atomic E-state index is 12.4. The maximum Gasteiger partial charge on any atom is 0.224 e. The highest BCUT2D eigenvalue weighted by Gasteiger charge is 2.16. The smallest absolute Gasteiger partial charge is 0.224 e. The summed E-state index contributed by atoms with van der Waals surface area (Å²) in [6.07, 6.45) is 24.3. The van der Waals surface area contributed by atoms with Crippen molar-refractivity contribution in [2.24, 2.45) is 0 Å². The van der Waals surface area contributed by atoms with E-state index in [9.17, 15) is 9.90 Å². The first-order valence-electron chi connectivity index (χ1n) is 13.1. The lowest BCUT2D eigenvalue weighted by Gasteiger charge is -2.25. The molecule has 0 fully saturated rings. The van der Waals surface area contributed by atoms with E-state index in [0.717, 1.165) is 19.3 Å². The zero-order chi connectivity index (χ0) is 21.6. The molecule has 29 heavy (non-hydrogen) atoms. The van der Waals surface area contributed by atoms with Gasteiger partial charge < -0.3 is 10.0 Å². The Bertz CT molecular complexity index is 344. The molecule has 0 aromatic rings. The Morgan fingerprint density at radius 1 is 0.621 bits per heavy atom. The molecule has 0 rings (SSSR count). The molecule has 1 amide bonds. The van der Waals surface area contributed by atoms with Gasteiger partial charge in [0, 0.05) is 13.0 Å². The lowest BCUT2D eigenvalue weighted by Crippen LogP contribution is -2.39. The first kappa shape index (κ1) is 28.4. The Hall–Kier alpha value is -0.570. The number of carbonyl (C=O) groups is 1. The van der Waals surface area contributed by atoms with Gasteiger partial charge in [-0.05, 0) is 19.8 Å². The SMILES string of the molecule is CCCCCCCCCCCCN(C(=O)CCCCCCCCCCC)C(C)O. The molecule has 0 saturated carbocycles. The molecule has 0 saturated heterocycles. The maximum absolute atomic E-state index is 12.4. The highest BCUT2D eigenvalue weighted by molar-refractivity contribution is 5.76. The second kappa shape index (κ2) is 22.1. The number of aliphatic hydroxyl groups is 1. The minimum absolute atomic E-state index is 0.138. The molecule has 0 radical (unpaired) electrons. The molecule has 3 nitrogen and oxygen atoms in total. The molecule has 0 bridgehead atoms. The number of hydrogen-bond acceptors (Lipinski definition) is 2. The van der Waals surface area contributed by atoms with Crippen LogP contribution in [-0.4, -0.2) is 28.7 Å². The van der Waals surface area contributed by atoms with Crippen molar-refractivity contribution >= 4 is 5.91 Å². The fourth-order valence-electron chi connectivity index (χ4n) is 4.02. The fraction of sp³-hybridized carbons (Fsp3) is 0.962. The highest BCUT2D eigenvalue weighted by Crippen LogP contribution is 2.14. The molecule has 0 aromatic heterocycles. The molecular formula is C26H53NO2. The van der Waals surface area contributed by atoms with Crippen molar-refractivity contribution in [2.75, 3.05) is 6.54 Å². The molecule has 0 aliphatic rings. The number of hydrogen-bond donors (Lipinski definition) is 1. The van der Waals surface area contributed by atoms with E-state index in [2.05, 4.69) is 13.8 Å². The molecule has 3 heteroatoms. The van der Waals surface area contributed by atoms with Crippen molar-refractivity contribution < 1.29 is 9.90 Å². The van der Waals surface area contributed by atoms with Crippen molar-refractivity contribution in [1.82, 2.24) is 4.90 Å². The van der Waals surface area contributed by atoms with Crippen LogP contribution in [0.1, 0.15) is 149 Å². The predicted molar refractivity (Wildman–Crippen MR) is 127 cm³/mol. The quantitative estimate of drug-likeness (QED) is 0.145. The Kier molecular flexibility index (Phi) is 21.7. The van der Waals surface area contributed by atoms with Crippen molar-refractivity contribution in [1.29, 1.82) is 0 Å². The van der Waals surface area contributed by atoms with Gasteiger partial charge in [0.05, 0.1) is 0 Å². The zero-order valence-electron chi connectivity index (χ0n) is 20.2. The average Bonchev–Trinajstić information content (AvgIpc) is 2.70. The largest absolute Gasteiger partial charge is 0.374 e. The van der Waals surface area contributed by atoms with E-state index in [-0.39, 0.29) is 5.91 Å². The normalized spacial score (nSPS) is 12.3. The van der Waals surface area contributed by atoms with Gasteiger partial charge in [0.15, 0.2) is 0 Å². The highest BCUT2D eigenvalue weighted by atomic mass is 16.3. The Morgan fingerprint density at radius 2 is 0.966 bits per heavy atom. The van der Waals surface area contributed by atoms with Crippen LogP contribution < -0.4 is 0 Å². The average molecular weight is 412 g/mol. The minimum Gasteiger partial charge on any atom is -0.374 e. The van der Waals surface area contributed by atoms with Crippen molar-refractivity contribution in [3.63, 3.8) is 0 Å². The van der Waals surface area contributed by atoms with E-state index in [0.29, 0.717) is 13.0 Å². The summed E-state index contributed by atoms with van der Waals surface area (Å²) in [5.41, 5.74) is 0. The summed E-state index contributed by atoms with van der Waals surface area (Å²) in [7, 11) is 0. The van der Waals surface area contributed by atoms with E-state index >= 15 is 0 Å². The summed E-state index contributed by atoms with van der Waals surface area (Å²) in [5, 5.41) is 9.97.